The molecule has 4 rings (SSSR count). The highest BCUT2D eigenvalue weighted by Gasteiger charge is 2.33. The van der Waals surface area contributed by atoms with Crippen molar-refractivity contribution >= 4 is 23.1 Å². The van der Waals surface area contributed by atoms with Crippen LogP contribution in [0.5, 0.6) is 0 Å². The summed E-state index contributed by atoms with van der Waals surface area (Å²) in [6.45, 7) is 3.03. The Labute approximate surface area is 149 Å². The lowest BCUT2D eigenvalue weighted by atomic mass is 10.1. The van der Waals surface area contributed by atoms with Gasteiger partial charge in [-0.3, -0.25) is 0 Å². The van der Waals surface area contributed by atoms with Crippen LogP contribution in [0, 0.1) is 0 Å². The minimum atomic E-state index is 0.226. The van der Waals surface area contributed by atoms with E-state index in [-0.39, 0.29) is 6.04 Å². The molecule has 0 aliphatic carbocycles. The first-order valence-corrected chi connectivity index (χ1v) is 10.2. The lowest BCUT2D eigenvalue weighted by Gasteiger charge is -2.29. The Bertz CT molecular complexity index is 750. The summed E-state index contributed by atoms with van der Waals surface area (Å²) in [5.74, 6) is 3.39. The molecule has 2 aromatic heterocycles. The summed E-state index contributed by atoms with van der Waals surface area (Å²) in [6.07, 6.45) is 0. The van der Waals surface area contributed by atoms with E-state index in [9.17, 15) is 0 Å². The molecule has 1 aliphatic heterocycles. The molecule has 7 heteroatoms. The fourth-order valence-corrected chi connectivity index (χ4v) is 5.07. The first kappa shape index (κ1) is 15.8. The van der Waals surface area contributed by atoms with E-state index in [1.165, 1.54) is 21.9 Å². The number of aromatic nitrogens is 4. The largest absolute Gasteiger partial charge is 0.320 e. The standard InChI is InChI=1S/C17H19N5S2/c1-2-5-14(6-3-1)13-22-17(18-19-20-22)16(15-7-4-10-24-15)21-8-11-23-12-9-21/h1-7,10,16H,8-9,11-13H2/p+1/t16-/m1/s1. The van der Waals surface area contributed by atoms with Gasteiger partial charge in [0.25, 0.3) is 0 Å². The number of thioether (sulfide) groups is 1. The molecule has 3 heterocycles. The van der Waals surface area contributed by atoms with Crippen molar-refractivity contribution < 1.29 is 4.90 Å². The molecule has 5 nitrogen and oxygen atoms in total. The van der Waals surface area contributed by atoms with Crippen molar-refractivity contribution in [3.05, 3.63) is 64.1 Å². The summed E-state index contributed by atoms with van der Waals surface area (Å²) in [5.41, 5.74) is 1.22. The van der Waals surface area contributed by atoms with E-state index in [0.717, 1.165) is 18.9 Å². The smallest absolute Gasteiger partial charge is 0.215 e. The van der Waals surface area contributed by atoms with Crippen molar-refractivity contribution in [2.24, 2.45) is 0 Å². The highest BCUT2D eigenvalue weighted by molar-refractivity contribution is 7.99. The van der Waals surface area contributed by atoms with E-state index in [0.29, 0.717) is 6.54 Å². The van der Waals surface area contributed by atoms with Crippen LogP contribution in [0.2, 0.25) is 0 Å². The predicted molar refractivity (Wildman–Crippen MR) is 97.5 cm³/mol. The van der Waals surface area contributed by atoms with Crippen molar-refractivity contribution in [3.8, 4) is 0 Å². The molecule has 1 fully saturated rings. The van der Waals surface area contributed by atoms with Crippen LogP contribution < -0.4 is 4.90 Å². The molecule has 3 aromatic rings. The Morgan fingerprint density at radius 2 is 1.92 bits per heavy atom. The Kier molecular flexibility index (Phi) is 4.91. The highest BCUT2D eigenvalue weighted by Crippen LogP contribution is 2.23. The van der Waals surface area contributed by atoms with Gasteiger partial charge in [-0.15, -0.1) is 16.4 Å². The van der Waals surface area contributed by atoms with Crippen molar-refractivity contribution in [1.82, 2.24) is 20.2 Å². The second-order valence-electron chi connectivity index (χ2n) is 5.90. The minimum absolute atomic E-state index is 0.226. The van der Waals surface area contributed by atoms with Crippen LogP contribution >= 0.6 is 23.1 Å². The third-order valence-corrected chi connectivity index (χ3v) is 6.29. The number of nitrogens with zero attached hydrogens (tertiary/aromatic N) is 4. The molecule has 0 saturated carbocycles. The maximum atomic E-state index is 4.42. The summed E-state index contributed by atoms with van der Waals surface area (Å²) in [6, 6.07) is 15.0. The molecule has 24 heavy (non-hydrogen) atoms. The number of rotatable bonds is 5. The second kappa shape index (κ2) is 7.46. The van der Waals surface area contributed by atoms with E-state index < -0.39 is 0 Å². The summed E-state index contributed by atoms with van der Waals surface area (Å²) < 4.78 is 1.97. The first-order chi connectivity index (χ1) is 11.9. The van der Waals surface area contributed by atoms with E-state index in [1.54, 1.807) is 16.2 Å². The van der Waals surface area contributed by atoms with Gasteiger partial charge in [-0.05, 0) is 27.4 Å². The number of hydrogen-bond donors (Lipinski definition) is 1. The van der Waals surface area contributed by atoms with Gasteiger partial charge in [0.05, 0.1) is 24.5 Å². The van der Waals surface area contributed by atoms with Gasteiger partial charge in [0, 0.05) is 11.5 Å². The molecular weight excluding hydrogens is 338 g/mol. The first-order valence-electron chi connectivity index (χ1n) is 8.17. The Hall–Kier alpha value is -1.70. The number of tetrazole rings is 1. The van der Waals surface area contributed by atoms with Crippen molar-refractivity contribution in [2.45, 2.75) is 12.6 Å². The lowest BCUT2D eigenvalue weighted by molar-refractivity contribution is -0.922. The van der Waals surface area contributed by atoms with Gasteiger partial charge in [0.2, 0.25) is 5.82 Å². The molecule has 0 spiro atoms. The van der Waals surface area contributed by atoms with Crippen molar-refractivity contribution in [3.63, 3.8) is 0 Å². The molecule has 1 aromatic carbocycles. The zero-order valence-electron chi connectivity index (χ0n) is 13.3. The van der Waals surface area contributed by atoms with Crippen LogP contribution in [0.1, 0.15) is 22.3 Å². The van der Waals surface area contributed by atoms with Crippen LogP contribution in [0.3, 0.4) is 0 Å². The molecule has 1 saturated heterocycles. The fourth-order valence-electron chi connectivity index (χ4n) is 3.18. The normalized spacial score (nSPS) is 17.0. The summed E-state index contributed by atoms with van der Waals surface area (Å²) in [7, 11) is 0. The molecule has 0 bridgehead atoms. The van der Waals surface area contributed by atoms with Crippen LogP contribution in [-0.2, 0) is 6.54 Å². The summed E-state index contributed by atoms with van der Waals surface area (Å²) in [5, 5.41) is 14.8. The molecule has 1 atom stereocenters. The van der Waals surface area contributed by atoms with Gasteiger partial charge in [0.1, 0.15) is 0 Å². The van der Waals surface area contributed by atoms with Crippen molar-refractivity contribution in [2.75, 3.05) is 24.6 Å². The quantitative estimate of drug-likeness (QED) is 0.751. The second-order valence-corrected chi connectivity index (χ2v) is 8.10. The van der Waals surface area contributed by atoms with Crippen LogP contribution in [-0.4, -0.2) is 44.8 Å². The Morgan fingerprint density at radius 1 is 1.08 bits per heavy atom. The minimum Gasteiger partial charge on any atom is -0.320 e. The van der Waals surface area contributed by atoms with Crippen LogP contribution in [0.25, 0.3) is 0 Å². The maximum Gasteiger partial charge on any atom is 0.215 e. The average Bonchev–Trinajstić information content (AvgIpc) is 3.31. The number of nitrogens with one attached hydrogen (secondary N) is 1. The van der Waals surface area contributed by atoms with Gasteiger partial charge in [-0.2, -0.15) is 11.8 Å². The third kappa shape index (κ3) is 3.38. The molecule has 0 unspecified atom stereocenters. The number of benzene rings is 1. The van der Waals surface area contributed by atoms with Crippen LogP contribution in [0.4, 0.5) is 0 Å². The molecular formula is C17H20N5S2+. The Morgan fingerprint density at radius 3 is 2.67 bits per heavy atom. The fraction of sp³-hybridized carbons (Fsp3) is 0.353. The topological polar surface area (TPSA) is 48.0 Å². The zero-order valence-corrected chi connectivity index (χ0v) is 15.0. The summed E-state index contributed by atoms with van der Waals surface area (Å²) >= 11 is 3.84. The van der Waals surface area contributed by atoms with Gasteiger partial charge in [0.15, 0.2) is 6.04 Å². The van der Waals surface area contributed by atoms with E-state index in [1.807, 2.05) is 22.5 Å². The SMILES string of the molecule is c1ccc(Cn2nnnc2[C@@H](c2cccs2)[NH+]2CCSCC2)cc1. The van der Waals surface area contributed by atoms with E-state index in [2.05, 4.69) is 57.3 Å². The zero-order chi connectivity index (χ0) is 16.2. The van der Waals surface area contributed by atoms with Crippen LogP contribution in [0.15, 0.2) is 47.8 Å². The molecule has 1 N–H and O–H groups in total. The van der Waals surface area contributed by atoms with Crippen molar-refractivity contribution in [1.29, 1.82) is 0 Å². The predicted octanol–water partition coefficient (Wildman–Crippen LogP) is 1.50. The molecule has 1 aliphatic rings. The number of quaternary nitrogens is 1. The lowest BCUT2D eigenvalue weighted by Crippen LogP contribution is -3.14. The van der Waals surface area contributed by atoms with Gasteiger partial charge < -0.3 is 4.90 Å². The van der Waals surface area contributed by atoms with E-state index >= 15 is 0 Å². The molecule has 0 radical (unpaired) electrons. The summed E-state index contributed by atoms with van der Waals surface area (Å²) in [4.78, 5) is 2.92. The number of thiophene rings is 1. The average molecular weight is 359 g/mol. The number of hydrogen-bond acceptors (Lipinski definition) is 5. The molecule has 124 valence electrons. The van der Waals surface area contributed by atoms with E-state index in [4.69, 9.17) is 0 Å². The monoisotopic (exact) mass is 358 g/mol. The maximum absolute atomic E-state index is 4.42. The highest BCUT2D eigenvalue weighted by atomic mass is 32.2. The van der Waals surface area contributed by atoms with Gasteiger partial charge in [-0.25, -0.2) is 4.68 Å². The molecule has 0 amide bonds. The van der Waals surface area contributed by atoms with Gasteiger partial charge >= 0.3 is 0 Å². The Balaban J connectivity index is 1.67. The van der Waals surface area contributed by atoms with Gasteiger partial charge in [-0.1, -0.05) is 36.4 Å². The third-order valence-electron chi connectivity index (χ3n) is 4.36.